The maximum absolute atomic E-state index is 12.9. The molecule has 1 fully saturated rings. The predicted molar refractivity (Wildman–Crippen MR) is 73.0 cm³/mol. The summed E-state index contributed by atoms with van der Waals surface area (Å²) in [5.41, 5.74) is 5.48. The summed E-state index contributed by atoms with van der Waals surface area (Å²) < 4.78 is 44.1. The van der Waals surface area contributed by atoms with Gasteiger partial charge in [-0.25, -0.2) is 0 Å². The zero-order chi connectivity index (χ0) is 15.6. The van der Waals surface area contributed by atoms with Gasteiger partial charge in [-0.2, -0.15) is 13.2 Å². The molecule has 0 aromatic heterocycles. The van der Waals surface area contributed by atoms with Crippen LogP contribution in [0.3, 0.4) is 0 Å². The van der Waals surface area contributed by atoms with E-state index in [1.165, 1.54) is 12.1 Å². The van der Waals surface area contributed by atoms with Crippen molar-refractivity contribution in [1.29, 1.82) is 0 Å². The Morgan fingerprint density at radius 2 is 2.14 bits per heavy atom. The third kappa shape index (κ3) is 3.48. The Hall–Kier alpha value is -1.31. The van der Waals surface area contributed by atoms with E-state index in [2.05, 4.69) is 0 Å². The molecule has 0 aliphatic carbocycles. The fourth-order valence-corrected chi connectivity index (χ4v) is 2.49. The number of alkyl halides is 3. The number of hydrogen-bond donors (Lipinski definition) is 2. The van der Waals surface area contributed by atoms with Gasteiger partial charge in [-0.1, -0.05) is 0 Å². The Kier molecular flexibility index (Phi) is 4.75. The highest BCUT2D eigenvalue weighted by Gasteiger charge is 2.34. The summed E-state index contributed by atoms with van der Waals surface area (Å²) in [6.45, 7) is 2.49. The molecule has 2 unspecified atom stereocenters. The van der Waals surface area contributed by atoms with Crippen molar-refractivity contribution in [2.45, 2.75) is 31.8 Å². The van der Waals surface area contributed by atoms with E-state index in [0.29, 0.717) is 18.8 Å². The Balaban J connectivity index is 2.31. The number of hydrogen-bond acceptors (Lipinski definition) is 4. The van der Waals surface area contributed by atoms with Crippen LogP contribution in [0.15, 0.2) is 18.2 Å². The smallest absolute Gasteiger partial charge is 0.394 e. The first-order valence-corrected chi connectivity index (χ1v) is 6.76. The molecule has 0 amide bonds. The van der Waals surface area contributed by atoms with Crippen LogP contribution >= 0.6 is 0 Å². The minimum absolute atomic E-state index is 0.0233. The van der Waals surface area contributed by atoms with Gasteiger partial charge >= 0.3 is 6.18 Å². The minimum Gasteiger partial charge on any atom is -0.394 e. The highest BCUT2D eigenvalue weighted by molar-refractivity contribution is 5.53. The van der Waals surface area contributed by atoms with Crippen LogP contribution in [0, 0.1) is 0 Å². The molecule has 1 saturated heterocycles. The van der Waals surface area contributed by atoms with Crippen molar-refractivity contribution in [3.8, 4) is 0 Å². The molecule has 0 saturated carbocycles. The van der Waals surface area contributed by atoms with E-state index in [9.17, 15) is 18.3 Å². The van der Waals surface area contributed by atoms with Crippen LogP contribution in [0.2, 0.25) is 0 Å². The molecular formula is C14H19F3N2O2. The van der Waals surface area contributed by atoms with Crippen molar-refractivity contribution in [3.05, 3.63) is 29.3 Å². The average Bonchev–Trinajstić information content (AvgIpc) is 2.46. The van der Waals surface area contributed by atoms with E-state index in [1.807, 2.05) is 11.8 Å². The first-order valence-electron chi connectivity index (χ1n) is 6.76. The molecule has 4 nitrogen and oxygen atoms in total. The zero-order valence-electron chi connectivity index (χ0n) is 11.7. The number of nitrogens with two attached hydrogens (primary N) is 1. The highest BCUT2D eigenvalue weighted by Crippen LogP contribution is 2.34. The molecule has 2 atom stereocenters. The number of nitrogens with zero attached hydrogens (tertiary/aromatic N) is 1. The first kappa shape index (κ1) is 16.1. The molecule has 1 heterocycles. The van der Waals surface area contributed by atoms with Gasteiger partial charge in [-0.05, 0) is 30.7 Å². The summed E-state index contributed by atoms with van der Waals surface area (Å²) in [6.07, 6.45) is -4.73. The SMILES string of the molecule is CC1COC(CO)CN1c1ccc(C(F)(F)F)c(CN)c1. The molecule has 1 aliphatic rings. The van der Waals surface area contributed by atoms with Crippen LogP contribution in [0.4, 0.5) is 18.9 Å². The largest absolute Gasteiger partial charge is 0.416 e. The number of morpholine rings is 1. The second-order valence-corrected chi connectivity index (χ2v) is 5.18. The summed E-state index contributed by atoms with van der Waals surface area (Å²) in [4.78, 5) is 1.93. The maximum atomic E-state index is 12.9. The number of benzene rings is 1. The van der Waals surface area contributed by atoms with Crippen LogP contribution in [0.1, 0.15) is 18.1 Å². The van der Waals surface area contributed by atoms with Gasteiger partial charge in [-0.15, -0.1) is 0 Å². The van der Waals surface area contributed by atoms with Gasteiger partial charge in [0.15, 0.2) is 0 Å². The van der Waals surface area contributed by atoms with Gasteiger partial charge in [0.1, 0.15) is 0 Å². The Morgan fingerprint density at radius 3 is 2.71 bits per heavy atom. The molecule has 0 spiro atoms. The standard InChI is InChI=1S/C14H19F3N2O2/c1-9-8-21-12(7-20)6-19(9)11-2-3-13(14(15,16)17)10(4-11)5-18/h2-4,9,12,20H,5-8,18H2,1H3. The van der Waals surface area contributed by atoms with E-state index >= 15 is 0 Å². The third-order valence-electron chi connectivity index (χ3n) is 3.65. The van der Waals surface area contributed by atoms with Gasteiger partial charge in [0.2, 0.25) is 0 Å². The van der Waals surface area contributed by atoms with Crippen molar-refractivity contribution >= 4 is 5.69 Å². The van der Waals surface area contributed by atoms with Crippen LogP contribution in [0.25, 0.3) is 0 Å². The summed E-state index contributed by atoms with van der Waals surface area (Å²) in [7, 11) is 0. The normalized spacial score (nSPS) is 23.4. The first-order chi connectivity index (χ1) is 9.86. The number of anilines is 1. The van der Waals surface area contributed by atoms with Crippen LogP contribution < -0.4 is 10.6 Å². The Bertz CT molecular complexity index is 494. The van der Waals surface area contributed by atoms with Crippen molar-refractivity contribution in [1.82, 2.24) is 0 Å². The fourth-order valence-electron chi connectivity index (χ4n) is 2.49. The van der Waals surface area contributed by atoms with E-state index in [4.69, 9.17) is 10.5 Å². The number of halogens is 3. The topological polar surface area (TPSA) is 58.7 Å². The van der Waals surface area contributed by atoms with Crippen LogP contribution in [-0.2, 0) is 17.5 Å². The second-order valence-electron chi connectivity index (χ2n) is 5.18. The van der Waals surface area contributed by atoms with Crippen molar-refractivity contribution in [2.24, 2.45) is 5.73 Å². The molecule has 0 bridgehead atoms. The molecule has 7 heteroatoms. The van der Waals surface area contributed by atoms with Crippen molar-refractivity contribution in [2.75, 3.05) is 24.7 Å². The van der Waals surface area contributed by atoms with Gasteiger partial charge < -0.3 is 20.5 Å². The molecule has 118 valence electrons. The van der Waals surface area contributed by atoms with Crippen LogP contribution in [0.5, 0.6) is 0 Å². The lowest BCUT2D eigenvalue weighted by molar-refractivity contribution is -0.138. The molecule has 1 aliphatic heterocycles. The Morgan fingerprint density at radius 1 is 1.43 bits per heavy atom. The second kappa shape index (κ2) is 6.21. The van der Waals surface area contributed by atoms with E-state index < -0.39 is 11.7 Å². The number of ether oxygens (including phenoxy) is 1. The monoisotopic (exact) mass is 304 g/mol. The maximum Gasteiger partial charge on any atom is 0.416 e. The fraction of sp³-hybridized carbons (Fsp3) is 0.571. The van der Waals surface area contributed by atoms with Gasteiger partial charge in [0, 0.05) is 24.8 Å². The number of aliphatic hydroxyl groups excluding tert-OH is 1. The van der Waals surface area contributed by atoms with Crippen LogP contribution in [-0.4, -0.2) is 37.0 Å². The minimum atomic E-state index is -4.41. The molecule has 21 heavy (non-hydrogen) atoms. The van der Waals surface area contributed by atoms with Gasteiger partial charge in [0.25, 0.3) is 0 Å². The van der Waals surface area contributed by atoms with Gasteiger partial charge in [-0.3, -0.25) is 0 Å². The quantitative estimate of drug-likeness (QED) is 0.893. The molecule has 1 aromatic rings. The molecular weight excluding hydrogens is 285 g/mol. The van der Waals surface area contributed by atoms with Crippen molar-refractivity contribution < 1.29 is 23.0 Å². The average molecular weight is 304 g/mol. The van der Waals surface area contributed by atoms with Crippen molar-refractivity contribution in [3.63, 3.8) is 0 Å². The summed E-state index contributed by atoms with van der Waals surface area (Å²) >= 11 is 0. The summed E-state index contributed by atoms with van der Waals surface area (Å²) in [5.74, 6) is 0. The lowest BCUT2D eigenvalue weighted by Gasteiger charge is -2.39. The number of rotatable bonds is 3. The highest BCUT2D eigenvalue weighted by atomic mass is 19.4. The molecule has 3 N–H and O–H groups in total. The molecule has 2 rings (SSSR count). The van der Waals surface area contributed by atoms with Gasteiger partial charge in [0.05, 0.1) is 24.9 Å². The zero-order valence-corrected chi connectivity index (χ0v) is 11.7. The lowest BCUT2D eigenvalue weighted by Crippen LogP contribution is -2.49. The third-order valence-corrected chi connectivity index (χ3v) is 3.65. The Labute approximate surface area is 121 Å². The van der Waals surface area contributed by atoms with E-state index in [0.717, 1.165) is 6.07 Å². The lowest BCUT2D eigenvalue weighted by atomic mass is 10.0. The van der Waals surface area contributed by atoms with E-state index in [-0.39, 0.29) is 30.9 Å². The number of aliphatic hydroxyl groups is 1. The molecule has 0 radical (unpaired) electrons. The van der Waals surface area contributed by atoms with E-state index in [1.54, 1.807) is 0 Å². The predicted octanol–water partition coefficient (Wildman–Crippen LogP) is 1.75. The molecule has 1 aromatic carbocycles. The summed E-state index contributed by atoms with van der Waals surface area (Å²) in [5, 5.41) is 9.17. The summed E-state index contributed by atoms with van der Waals surface area (Å²) in [6, 6.07) is 4.00.